The monoisotopic (exact) mass is 744 g/mol. The number of aliphatic carboxylic acids is 1. The van der Waals surface area contributed by atoms with Crippen LogP contribution in [0, 0.1) is 11.6 Å². The van der Waals surface area contributed by atoms with E-state index in [2.05, 4.69) is 0 Å². The minimum absolute atomic E-state index is 0.0433. The molecule has 1 aromatic heterocycles. The van der Waals surface area contributed by atoms with Gasteiger partial charge in [-0.3, -0.25) is 33.7 Å². The van der Waals surface area contributed by atoms with Crippen molar-refractivity contribution in [2.24, 2.45) is 0 Å². The smallest absolute Gasteiger partial charge is 0.306 e. The number of esters is 1. The van der Waals surface area contributed by atoms with Gasteiger partial charge in [-0.05, 0) is 17.7 Å². The molecule has 3 amide bonds. The Morgan fingerprint density at radius 1 is 0.827 bits per heavy atom. The Kier molecular flexibility index (Phi) is 12.0. The van der Waals surface area contributed by atoms with Crippen molar-refractivity contribution in [2.75, 3.05) is 40.6 Å². The number of amides is 3. The Labute approximate surface area is 299 Å². The lowest BCUT2D eigenvalue weighted by Crippen LogP contribution is -2.33. The molecule has 0 fully saturated rings. The molecular formula is C35H34F2N2O12S. The van der Waals surface area contributed by atoms with Gasteiger partial charge >= 0.3 is 11.9 Å². The summed E-state index contributed by atoms with van der Waals surface area (Å²) in [7, 11) is 2.67. The maximum absolute atomic E-state index is 15.7. The summed E-state index contributed by atoms with van der Waals surface area (Å²) in [6.07, 6.45) is 1.41. The van der Waals surface area contributed by atoms with E-state index in [1.165, 1.54) is 31.3 Å². The number of halogens is 2. The van der Waals surface area contributed by atoms with Crippen molar-refractivity contribution in [3.05, 3.63) is 58.0 Å². The number of carboxylic acid groups (broad SMARTS) is 1. The third kappa shape index (κ3) is 8.47. The number of carboxylic acids is 1. The second kappa shape index (κ2) is 16.6. The molecule has 5 rings (SSSR count). The van der Waals surface area contributed by atoms with E-state index in [1.807, 2.05) is 0 Å². The lowest BCUT2D eigenvalue weighted by atomic mass is 10.1. The number of imide groups is 1. The molecule has 17 heteroatoms. The summed E-state index contributed by atoms with van der Waals surface area (Å²) in [5, 5.41) is 8.97. The second-order valence-electron chi connectivity index (χ2n) is 11.6. The number of ketones is 1. The fourth-order valence-corrected chi connectivity index (χ4v) is 6.59. The molecule has 0 unspecified atom stereocenters. The number of thiophene rings is 1. The summed E-state index contributed by atoms with van der Waals surface area (Å²) in [5.74, 6) is -5.27. The van der Waals surface area contributed by atoms with Crippen LogP contribution in [-0.2, 0) is 41.8 Å². The predicted molar refractivity (Wildman–Crippen MR) is 178 cm³/mol. The summed E-state index contributed by atoms with van der Waals surface area (Å²) in [5.41, 5.74) is 0.765. The van der Waals surface area contributed by atoms with Crippen molar-refractivity contribution in [3.63, 3.8) is 0 Å². The molecule has 0 spiro atoms. The number of nitrogens with zero attached hydrogens (tertiary/aromatic N) is 2. The summed E-state index contributed by atoms with van der Waals surface area (Å²) >= 11 is 1.01. The lowest BCUT2D eigenvalue weighted by Gasteiger charge is -2.15. The van der Waals surface area contributed by atoms with E-state index in [-0.39, 0.29) is 110 Å². The number of carbonyl (C=O) groups excluding carboxylic acids is 5. The van der Waals surface area contributed by atoms with E-state index >= 15 is 8.78 Å². The zero-order valence-electron chi connectivity index (χ0n) is 28.2. The van der Waals surface area contributed by atoms with Crippen LogP contribution in [0.5, 0.6) is 23.0 Å². The van der Waals surface area contributed by atoms with Crippen LogP contribution in [0.4, 0.5) is 8.78 Å². The van der Waals surface area contributed by atoms with E-state index in [1.54, 1.807) is 6.07 Å². The largest absolute Gasteiger partial charge is 0.493 e. The van der Waals surface area contributed by atoms with Gasteiger partial charge in [0.1, 0.15) is 6.61 Å². The number of carbonyl (C=O) groups is 6. The van der Waals surface area contributed by atoms with Crippen molar-refractivity contribution >= 4 is 56.9 Å². The molecule has 0 atom stereocenters. The van der Waals surface area contributed by atoms with Gasteiger partial charge in [-0.2, -0.15) is 0 Å². The molecule has 2 aromatic carbocycles. The highest BCUT2D eigenvalue weighted by atomic mass is 32.1. The van der Waals surface area contributed by atoms with Gasteiger partial charge in [0.15, 0.2) is 40.4 Å². The van der Waals surface area contributed by atoms with Gasteiger partial charge in [-0.25, -0.2) is 8.78 Å². The van der Waals surface area contributed by atoms with Crippen molar-refractivity contribution in [2.45, 2.75) is 45.2 Å². The van der Waals surface area contributed by atoms with Gasteiger partial charge in [-0.1, -0.05) is 0 Å². The molecule has 1 N–H and O–H groups in total. The van der Waals surface area contributed by atoms with Gasteiger partial charge in [0, 0.05) is 66.2 Å². The first kappa shape index (κ1) is 37.7. The second-order valence-corrected chi connectivity index (χ2v) is 12.7. The highest BCUT2D eigenvalue weighted by molar-refractivity contribution is 7.20. The molecule has 52 heavy (non-hydrogen) atoms. The predicted octanol–water partition coefficient (Wildman–Crippen LogP) is 4.18. The molecule has 2 aliphatic rings. The maximum Gasteiger partial charge on any atom is 0.306 e. The molecule has 0 aliphatic carbocycles. The molecule has 3 heterocycles. The van der Waals surface area contributed by atoms with Gasteiger partial charge in [0.2, 0.25) is 5.91 Å². The van der Waals surface area contributed by atoms with Crippen LogP contribution >= 0.6 is 11.3 Å². The average molecular weight is 745 g/mol. The first-order chi connectivity index (χ1) is 24.9. The van der Waals surface area contributed by atoms with E-state index < -0.39 is 47.1 Å². The van der Waals surface area contributed by atoms with Gasteiger partial charge in [0.05, 0.1) is 51.7 Å². The number of Topliss-reactive ketones (excluding diaryl/α,β-unsaturated/α-hetero) is 1. The molecular weight excluding hydrogens is 710 g/mol. The average Bonchev–Trinajstić information content (AvgIpc) is 3.84. The number of ether oxygens (including phenoxy) is 5. The highest BCUT2D eigenvalue weighted by Gasteiger charge is 2.30. The number of methoxy groups -OCH3 is 2. The van der Waals surface area contributed by atoms with Crippen LogP contribution in [0.25, 0.3) is 10.1 Å². The minimum atomic E-state index is -1.11. The number of fused-ring (bicyclic) bond motifs is 2. The van der Waals surface area contributed by atoms with Gasteiger partial charge in [-0.15, -0.1) is 11.3 Å². The Morgan fingerprint density at radius 2 is 1.48 bits per heavy atom. The van der Waals surface area contributed by atoms with Gasteiger partial charge in [0.25, 0.3) is 11.8 Å². The third-order valence-electron chi connectivity index (χ3n) is 8.21. The fraction of sp³-hybridized carbons (Fsp3) is 0.371. The van der Waals surface area contributed by atoms with Crippen LogP contribution in [0.15, 0.2) is 30.4 Å². The van der Waals surface area contributed by atoms with E-state index in [4.69, 9.17) is 28.8 Å². The molecule has 0 bridgehead atoms. The standard InChI is InChI=1S/C35H34F2N2O12S/c1-47-23-14-19-17-38(27(41)7-8-30(44)45)18-21(19)33(37)34(23)50-11-3-12-51-35-24(48-2)16-25-20(32(35)36)15-26(52-25)22(40)4-9-31(46)49-13-10-39-28(42)5-6-29(39)43/h5-6,14-16H,3-4,7-13,17-18H2,1-2H3,(H,44,45). The number of benzene rings is 2. The fourth-order valence-electron chi connectivity index (χ4n) is 5.54. The number of hydrogen-bond donors (Lipinski definition) is 1. The Balaban J connectivity index is 1.14. The number of hydrogen-bond acceptors (Lipinski definition) is 12. The van der Waals surface area contributed by atoms with Crippen molar-refractivity contribution in [1.82, 2.24) is 9.80 Å². The quantitative estimate of drug-likeness (QED) is 0.0853. The Bertz CT molecular complexity index is 1940. The summed E-state index contributed by atoms with van der Waals surface area (Å²) in [6.45, 7) is -0.370. The van der Waals surface area contributed by atoms with E-state index in [0.29, 0.717) is 10.3 Å². The van der Waals surface area contributed by atoms with Crippen LogP contribution in [-0.4, -0.2) is 90.9 Å². The molecule has 2 aliphatic heterocycles. The molecule has 0 saturated heterocycles. The molecule has 3 aromatic rings. The van der Waals surface area contributed by atoms with E-state index in [0.717, 1.165) is 28.4 Å². The summed E-state index contributed by atoms with van der Waals surface area (Å²) in [4.78, 5) is 73.9. The number of rotatable bonds is 18. The third-order valence-corrected chi connectivity index (χ3v) is 9.33. The maximum atomic E-state index is 15.7. The Hall–Kier alpha value is -5.58. The zero-order chi connectivity index (χ0) is 37.5. The zero-order valence-corrected chi connectivity index (χ0v) is 29.0. The minimum Gasteiger partial charge on any atom is -0.493 e. The molecule has 276 valence electrons. The van der Waals surface area contributed by atoms with Crippen LogP contribution in [0.2, 0.25) is 0 Å². The normalized spacial score (nSPS) is 13.5. The van der Waals surface area contributed by atoms with Crippen LogP contribution in [0.3, 0.4) is 0 Å². The molecule has 14 nitrogen and oxygen atoms in total. The molecule has 0 saturated carbocycles. The van der Waals surface area contributed by atoms with Crippen molar-refractivity contribution < 1.29 is 66.3 Å². The van der Waals surface area contributed by atoms with Crippen molar-refractivity contribution in [1.29, 1.82) is 0 Å². The highest BCUT2D eigenvalue weighted by Crippen LogP contribution is 2.41. The first-order valence-corrected chi connectivity index (χ1v) is 16.9. The summed E-state index contributed by atoms with van der Waals surface area (Å²) < 4.78 is 58.7. The SMILES string of the molecule is COc1cc2c(c(F)c1OCCCOc1c(OC)cc3sc(C(=O)CCC(=O)OCCN4C(=O)C=CC4=O)cc3c1F)CN(C(=O)CCC(=O)O)C2. The summed E-state index contributed by atoms with van der Waals surface area (Å²) in [6, 6.07) is 4.45. The lowest BCUT2D eigenvalue weighted by molar-refractivity contribution is -0.147. The van der Waals surface area contributed by atoms with Gasteiger partial charge < -0.3 is 33.7 Å². The Morgan fingerprint density at radius 3 is 2.13 bits per heavy atom. The van der Waals surface area contributed by atoms with Crippen LogP contribution < -0.4 is 18.9 Å². The topological polar surface area (TPSA) is 175 Å². The van der Waals surface area contributed by atoms with E-state index in [9.17, 15) is 28.8 Å². The first-order valence-electron chi connectivity index (χ1n) is 16.1. The van der Waals surface area contributed by atoms with Crippen molar-refractivity contribution in [3.8, 4) is 23.0 Å². The van der Waals surface area contributed by atoms with Crippen LogP contribution in [0.1, 0.15) is 52.9 Å². The molecule has 0 radical (unpaired) electrons.